The Labute approximate surface area is 145 Å². The van der Waals surface area contributed by atoms with Gasteiger partial charge in [-0.05, 0) is 32.0 Å². The van der Waals surface area contributed by atoms with Crippen molar-refractivity contribution >= 4 is 28.9 Å². The number of amides is 1. The van der Waals surface area contributed by atoms with Crippen LogP contribution < -0.4 is 10.1 Å². The average Bonchev–Trinajstić information content (AvgIpc) is 2.91. The number of aryl methyl sites for hydroxylation is 1. The van der Waals surface area contributed by atoms with E-state index in [1.807, 2.05) is 0 Å². The Balaban J connectivity index is 2.12. The van der Waals surface area contributed by atoms with Gasteiger partial charge in [-0.1, -0.05) is 11.6 Å². The minimum atomic E-state index is -3.02. The molecule has 1 aromatic heterocycles. The van der Waals surface area contributed by atoms with Gasteiger partial charge >= 0.3 is 12.3 Å². The Morgan fingerprint density at radius 2 is 2.16 bits per heavy atom. The summed E-state index contributed by atoms with van der Waals surface area (Å²) in [7, 11) is 0. The van der Waals surface area contributed by atoms with Gasteiger partial charge in [-0.25, -0.2) is 0 Å². The van der Waals surface area contributed by atoms with Gasteiger partial charge in [-0.2, -0.15) is 13.9 Å². The Morgan fingerprint density at radius 3 is 2.68 bits per heavy atom. The van der Waals surface area contributed by atoms with E-state index < -0.39 is 23.5 Å². The summed E-state index contributed by atoms with van der Waals surface area (Å²) in [5.41, 5.74) is 0.235. The van der Waals surface area contributed by atoms with Crippen molar-refractivity contribution in [3.8, 4) is 5.75 Å². The zero-order valence-electron chi connectivity index (χ0n) is 13.1. The Hall–Kier alpha value is -2.75. The first-order valence-corrected chi connectivity index (χ1v) is 7.32. The van der Waals surface area contributed by atoms with E-state index in [-0.39, 0.29) is 27.8 Å². The lowest BCUT2D eigenvalue weighted by atomic mass is 10.2. The molecule has 1 aromatic carbocycles. The molecule has 0 aliphatic rings. The Bertz CT molecular complexity index is 812. The van der Waals surface area contributed by atoms with Crippen LogP contribution in [0.2, 0.25) is 5.02 Å². The average molecular weight is 375 g/mol. The summed E-state index contributed by atoms with van der Waals surface area (Å²) in [6.07, 6.45) is 1.16. The molecule has 1 N–H and O–H groups in total. The van der Waals surface area contributed by atoms with Crippen LogP contribution in [0.5, 0.6) is 5.75 Å². The minimum absolute atomic E-state index is 0.101. The van der Waals surface area contributed by atoms with Crippen LogP contribution in [0.4, 0.5) is 20.2 Å². The van der Waals surface area contributed by atoms with Crippen molar-refractivity contribution in [1.82, 2.24) is 9.78 Å². The summed E-state index contributed by atoms with van der Waals surface area (Å²) in [5.74, 6) is -0.739. The third kappa shape index (κ3) is 4.41. The number of hydrogen-bond donors (Lipinski definition) is 1. The third-order valence-electron chi connectivity index (χ3n) is 3.28. The fourth-order valence-electron chi connectivity index (χ4n) is 1.99. The number of aromatic nitrogens is 2. The highest BCUT2D eigenvalue weighted by molar-refractivity contribution is 6.32. The number of halogens is 3. The second-order valence-electron chi connectivity index (χ2n) is 5.03. The number of benzene rings is 1. The highest BCUT2D eigenvalue weighted by Gasteiger charge is 2.22. The van der Waals surface area contributed by atoms with E-state index in [2.05, 4.69) is 15.2 Å². The smallest absolute Gasteiger partial charge is 0.387 e. The first-order valence-electron chi connectivity index (χ1n) is 6.94. The zero-order chi connectivity index (χ0) is 18.7. The predicted octanol–water partition coefficient (Wildman–Crippen LogP) is 3.55. The van der Waals surface area contributed by atoms with Crippen molar-refractivity contribution in [2.24, 2.45) is 0 Å². The van der Waals surface area contributed by atoms with Crippen LogP contribution in [0, 0.1) is 17.0 Å². The molecule has 2 aromatic rings. The van der Waals surface area contributed by atoms with Gasteiger partial charge in [0.25, 0.3) is 0 Å². The number of nitrogens with one attached hydrogen (secondary N) is 1. The zero-order valence-corrected chi connectivity index (χ0v) is 13.8. The Morgan fingerprint density at radius 1 is 1.48 bits per heavy atom. The summed E-state index contributed by atoms with van der Waals surface area (Å²) >= 11 is 5.81. The van der Waals surface area contributed by atoms with Crippen molar-refractivity contribution < 1.29 is 23.2 Å². The number of rotatable bonds is 6. The maximum absolute atomic E-state index is 12.2. The topological polar surface area (TPSA) is 99.3 Å². The maximum atomic E-state index is 12.2. The van der Waals surface area contributed by atoms with Gasteiger partial charge < -0.3 is 10.1 Å². The van der Waals surface area contributed by atoms with E-state index in [1.54, 1.807) is 0 Å². The number of carbonyl (C=O) groups is 1. The van der Waals surface area contributed by atoms with E-state index in [0.717, 1.165) is 6.20 Å². The van der Waals surface area contributed by atoms with Crippen LogP contribution in [0.15, 0.2) is 24.4 Å². The number of anilines is 1. The molecule has 0 fully saturated rings. The molecule has 0 spiro atoms. The van der Waals surface area contributed by atoms with Gasteiger partial charge in [0.05, 0.1) is 9.95 Å². The standard InChI is InChI=1S/C14H13ClF2N4O4/c1-7-11(21(23)24)6-20(19-7)8(2)13(22)18-9-3-4-12(10(15)5-9)25-14(16)17/h3-6,8,14H,1-2H3,(H,18,22). The van der Waals surface area contributed by atoms with Crippen LogP contribution in [-0.2, 0) is 4.79 Å². The number of hydrogen-bond acceptors (Lipinski definition) is 5. The maximum Gasteiger partial charge on any atom is 0.387 e. The number of alkyl halides is 2. The van der Waals surface area contributed by atoms with Crippen molar-refractivity contribution in [2.45, 2.75) is 26.5 Å². The second-order valence-corrected chi connectivity index (χ2v) is 5.43. The molecule has 11 heteroatoms. The molecule has 25 heavy (non-hydrogen) atoms. The second kappa shape index (κ2) is 7.43. The lowest BCUT2D eigenvalue weighted by Crippen LogP contribution is -2.24. The van der Waals surface area contributed by atoms with Crippen LogP contribution in [0.3, 0.4) is 0 Å². The number of nitro groups is 1. The summed E-state index contributed by atoms with van der Waals surface area (Å²) < 4.78 is 29.7. The van der Waals surface area contributed by atoms with Crippen molar-refractivity contribution in [3.05, 3.63) is 45.2 Å². The molecular weight excluding hydrogens is 362 g/mol. The van der Waals surface area contributed by atoms with E-state index in [1.165, 1.54) is 36.7 Å². The molecule has 0 saturated heterocycles. The van der Waals surface area contributed by atoms with Gasteiger partial charge in [-0.15, -0.1) is 0 Å². The molecule has 0 radical (unpaired) electrons. The molecule has 0 aliphatic heterocycles. The van der Waals surface area contributed by atoms with Crippen molar-refractivity contribution in [3.63, 3.8) is 0 Å². The van der Waals surface area contributed by atoms with Gasteiger partial charge in [0.1, 0.15) is 23.7 Å². The molecule has 0 saturated carbocycles. The highest BCUT2D eigenvalue weighted by Crippen LogP contribution is 2.29. The molecule has 2 rings (SSSR count). The lowest BCUT2D eigenvalue weighted by molar-refractivity contribution is -0.385. The van der Waals surface area contributed by atoms with E-state index in [4.69, 9.17) is 11.6 Å². The van der Waals surface area contributed by atoms with Crippen LogP contribution >= 0.6 is 11.6 Å². The van der Waals surface area contributed by atoms with Gasteiger partial charge in [0.15, 0.2) is 0 Å². The fraction of sp³-hybridized carbons (Fsp3) is 0.286. The molecule has 1 atom stereocenters. The number of ether oxygens (including phenoxy) is 1. The first kappa shape index (κ1) is 18.6. The van der Waals surface area contributed by atoms with Gasteiger partial charge in [0, 0.05) is 5.69 Å². The fourth-order valence-corrected chi connectivity index (χ4v) is 2.21. The molecular formula is C14H13ClF2N4O4. The Kier molecular flexibility index (Phi) is 5.52. The van der Waals surface area contributed by atoms with Crippen LogP contribution in [0.25, 0.3) is 0 Å². The summed E-state index contributed by atoms with van der Waals surface area (Å²) in [5, 5.41) is 17.2. The van der Waals surface area contributed by atoms with Crippen molar-refractivity contribution in [1.29, 1.82) is 0 Å². The lowest BCUT2D eigenvalue weighted by Gasteiger charge is -2.13. The molecule has 0 aliphatic carbocycles. The van der Waals surface area contributed by atoms with Gasteiger partial charge in [0.2, 0.25) is 5.91 Å². The minimum Gasteiger partial charge on any atom is -0.433 e. The molecule has 1 amide bonds. The van der Waals surface area contributed by atoms with Crippen LogP contribution in [-0.4, -0.2) is 27.2 Å². The molecule has 134 valence electrons. The normalized spacial score (nSPS) is 12.1. The van der Waals surface area contributed by atoms with Gasteiger partial charge in [-0.3, -0.25) is 19.6 Å². The van der Waals surface area contributed by atoms with Crippen LogP contribution in [0.1, 0.15) is 18.7 Å². The molecule has 8 nitrogen and oxygen atoms in total. The van der Waals surface area contributed by atoms with Crippen molar-refractivity contribution in [2.75, 3.05) is 5.32 Å². The van der Waals surface area contributed by atoms with E-state index >= 15 is 0 Å². The first-order chi connectivity index (χ1) is 11.7. The monoisotopic (exact) mass is 374 g/mol. The number of nitrogens with zero attached hydrogens (tertiary/aromatic N) is 3. The molecule has 1 heterocycles. The largest absolute Gasteiger partial charge is 0.433 e. The van der Waals surface area contributed by atoms with E-state index in [9.17, 15) is 23.7 Å². The SMILES string of the molecule is Cc1nn(C(C)C(=O)Nc2ccc(OC(F)F)c(Cl)c2)cc1[N+](=O)[O-]. The third-order valence-corrected chi connectivity index (χ3v) is 3.57. The predicted molar refractivity (Wildman–Crippen MR) is 85.0 cm³/mol. The summed E-state index contributed by atoms with van der Waals surface area (Å²) in [6.45, 7) is -0.0564. The summed E-state index contributed by atoms with van der Waals surface area (Å²) in [4.78, 5) is 22.5. The quantitative estimate of drug-likeness (QED) is 0.615. The molecule has 0 bridgehead atoms. The summed E-state index contributed by atoms with van der Waals surface area (Å²) in [6, 6.07) is 2.94. The van der Waals surface area contributed by atoms with E-state index in [0.29, 0.717) is 0 Å². The molecule has 1 unspecified atom stereocenters. The number of carbonyl (C=O) groups excluding carboxylic acids is 1. The highest BCUT2D eigenvalue weighted by atomic mass is 35.5.